The topological polar surface area (TPSA) is 54.5 Å². The van der Waals surface area contributed by atoms with E-state index in [1.807, 2.05) is 48.5 Å². The van der Waals surface area contributed by atoms with Crippen molar-refractivity contribution in [3.05, 3.63) is 78.0 Å². The van der Waals surface area contributed by atoms with Crippen molar-refractivity contribution in [2.24, 2.45) is 0 Å². The molecule has 1 N–H and O–H groups in total. The summed E-state index contributed by atoms with van der Waals surface area (Å²) in [5.41, 5.74) is 2.48. The smallest absolute Gasteiger partial charge is 0.269 e. The Hall–Kier alpha value is -2.76. The number of rotatable bonds is 5. The zero-order chi connectivity index (χ0) is 18.5. The number of morpholine rings is 1. The number of pyridine rings is 1. The van der Waals surface area contributed by atoms with Gasteiger partial charge in [0.1, 0.15) is 5.69 Å². The normalized spacial score (nSPS) is 16.1. The van der Waals surface area contributed by atoms with Gasteiger partial charge in [0.2, 0.25) is 0 Å². The van der Waals surface area contributed by atoms with Gasteiger partial charge in [0.25, 0.3) is 5.91 Å². The molecule has 1 atom stereocenters. The molecule has 1 aromatic heterocycles. The molecule has 0 unspecified atom stereocenters. The van der Waals surface area contributed by atoms with Crippen LogP contribution in [0.4, 0.5) is 0 Å². The zero-order valence-electron chi connectivity index (χ0n) is 15.2. The van der Waals surface area contributed by atoms with Gasteiger partial charge in [0, 0.05) is 25.0 Å². The highest BCUT2D eigenvalue weighted by Crippen LogP contribution is 2.21. The van der Waals surface area contributed by atoms with E-state index < -0.39 is 0 Å². The number of carbonyl (C=O) groups excluding carboxylic acids is 1. The summed E-state index contributed by atoms with van der Waals surface area (Å²) in [5, 5.41) is 4.11. The molecule has 1 fully saturated rings. The summed E-state index contributed by atoms with van der Waals surface area (Å²) in [6.45, 7) is 3.72. The van der Waals surface area contributed by atoms with Gasteiger partial charge in [-0.3, -0.25) is 9.69 Å². The lowest BCUT2D eigenvalue weighted by Gasteiger charge is -2.34. The third-order valence-electron chi connectivity index (χ3n) is 4.96. The first-order valence-corrected chi connectivity index (χ1v) is 9.32. The fourth-order valence-corrected chi connectivity index (χ4v) is 3.49. The molecule has 0 saturated carbocycles. The zero-order valence-corrected chi connectivity index (χ0v) is 15.2. The van der Waals surface area contributed by atoms with E-state index in [4.69, 9.17) is 4.74 Å². The predicted molar refractivity (Wildman–Crippen MR) is 106 cm³/mol. The molecule has 2 aromatic carbocycles. The average Bonchev–Trinajstić information content (AvgIpc) is 2.75. The van der Waals surface area contributed by atoms with Crippen molar-refractivity contribution in [2.45, 2.75) is 6.04 Å². The molecule has 0 spiro atoms. The van der Waals surface area contributed by atoms with Crippen LogP contribution in [0.2, 0.25) is 0 Å². The van der Waals surface area contributed by atoms with Crippen LogP contribution in [0.3, 0.4) is 0 Å². The number of aromatic nitrogens is 1. The number of ether oxygens (including phenoxy) is 1. The maximum Gasteiger partial charge on any atom is 0.269 e. The molecule has 0 aliphatic carbocycles. The number of carbonyl (C=O) groups is 1. The highest BCUT2D eigenvalue weighted by Gasteiger charge is 2.23. The van der Waals surface area contributed by atoms with Crippen molar-refractivity contribution < 1.29 is 9.53 Å². The summed E-state index contributed by atoms with van der Waals surface area (Å²) in [4.78, 5) is 19.6. The molecule has 0 radical (unpaired) electrons. The van der Waals surface area contributed by atoms with E-state index in [0.717, 1.165) is 37.2 Å². The summed E-state index contributed by atoms with van der Waals surface area (Å²) >= 11 is 0. The Morgan fingerprint density at radius 2 is 1.74 bits per heavy atom. The number of amides is 1. The summed E-state index contributed by atoms with van der Waals surface area (Å²) in [6, 6.07) is 22.0. The number of hydrogen-bond donors (Lipinski definition) is 1. The minimum atomic E-state index is -0.144. The molecule has 4 rings (SSSR count). The van der Waals surface area contributed by atoms with Crippen molar-refractivity contribution in [1.29, 1.82) is 0 Å². The number of benzene rings is 2. The van der Waals surface area contributed by atoms with Crippen molar-refractivity contribution in [3.8, 4) is 0 Å². The SMILES string of the molecule is O=C(NC[C@@H](c1ccccc1)N1CCOCC1)c1ccc2ccccc2n1. The summed E-state index contributed by atoms with van der Waals surface area (Å²) in [7, 11) is 0. The predicted octanol–water partition coefficient (Wildman–Crippen LogP) is 3.04. The highest BCUT2D eigenvalue weighted by atomic mass is 16.5. The van der Waals surface area contributed by atoms with E-state index >= 15 is 0 Å². The van der Waals surface area contributed by atoms with Crippen LogP contribution in [-0.4, -0.2) is 48.6 Å². The van der Waals surface area contributed by atoms with Crippen LogP contribution < -0.4 is 5.32 Å². The molecule has 3 aromatic rings. The van der Waals surface area contributed by atoms with E-state index in [1.54, 1.807) is 6.07 Å². The number of para-hydroxylation sites is 1. The van der Waals surface area contributed by atoms with Crippen LogP contribution in [0.1, 0.15) is 22.1 Å². The van der Waals surface area contributed by atoms with Crippen LogP contribution in [0.25, 0.3) is 10.9 Å². The molecule has 2 heterocycles. The lowest BCUT2D eigenvalue weighted by Crippen LogP contribution is -2.43. The lowest BCUT2D eigenvalue weighted by atomic mass is 10.0. The molecule has 1 aliphatic rings. The molecule has 1 amide bonds. The van der Waals surface area contributed by atoms with Gasteiger partial charge in [0.05, 0.1) is 24.8 Å². The lowest BCUT2D eigenvalue weighted by molar-refractivity contribution is 0.0162. The Morgan fingerprint density at radius 1 is 1.00 bits per heavy atom. The van der Waals surface area contributed by atoms with Crippen molar-refractivity contribution in [1.82, 2.24) is 15.2 Å². The highest BCUT2D eigenvalue weighted by molar-refractivity contribution is 5.94. The standard InChI is InChI=1S/C22H23N3O2/c26-22(20-11-10-17-6-4-5-9-19(17)24-20)23-16-21(18-7-2-1-3-8-18)25-12-14-27-15-13-25/h1-11,21H,12-16H2,(H,23,26)/t21-/m0/s1. The second-order valence-electron chi connectivity index (χ2n) is 6.67. The molecule has 5 nitrogen and oxygen atoms in total. The van der Waals surface area contributed by atoms with Gasteiger partial charge >= 0.3 is 0 Å². The minimum Gasteiger partial charge on any atom is -0.379 e. The number of nitrogens with one attached hydrogen (secondary N) is 1. The van der Waals surface area contributed by atoms with Crippen LogP contribution >= 0.6 is 0 Å². The Bertz CT molecular complexity index is 908. The Kier molecular flexibility index (Phi) is 5.42. The Balaban J connectivity index is 1.49. The van der Waals surface area contributed by atoms with Crippen molar-refractivity contribution in [3.63, 3.8) is 0 Å². The van der Waals surface area contributed by atoms with Gasteiger partial charge in [-0.2, -0.15) is 0 Å². The van der Waals surface area contributed by atoms with Gasteiger partial charge in [-0.1, -0.05) is 54.6 Å². The first-order valence-electron chi connectivity index (χ1n) is 9.32. The molecule has 1 aliphatic heterocycles. The van der Waals surface area contributed by atoms with E-state index in [0.29, 0.717) is 12.2 Å². The number of nitrogens with zero attached hydrogens (tertiary/aromatic N) is 2. The monoisotopic (exact) mass is 361 g/mol. The van der Waals surface area contributed by atoms with Gasteiger partial charge in [-0.05, 0) is 17.7 Å². The second kappa shape index (κ2) is 8.29. The third kappa shape index (κ3) is 4.15. The Labute approximate surface area is 159 Å². The quantitative estimate of drug-likeness (QED) is 0.759. The van der Waals surface area contributed by atoms with Gasteiger partial charge in [-0.25, -0.2) is 4.98 Å². The molecule has 0 bridgehead atoms. The van der Waals surface area contributed by atoms with E-state index in [1.165, 1.54) is 5.56 Å². The van der Waals surface area contributed by atoms with E-state index in [9.17, 15) is 4.79 Å². The number of hydrogen-bond acceptors (Lipinski definition) is 4. The van der Waals surface area contributed by atoms with E-state index in [2.05, 4.69) is 27.3 Å². The van der Waals surface area contributed by atoms with Crippen molar-refractivity contribution >= 4 is 16.8 Å². The fourth-order valence-electron chi connectivity index (χ4n) is 3.49. The van der Waals surface area contributed by atoms with Crippen LogP contribution in [0, 0.1) is 0 Å². The van der Waals surface area contributed by atoms with Crippen LogP contribution in [-0.2, 0) is 4.74 Å². The average molecular weight is 361 g/mol. The first-order chi connectivity index (χ1) is 13.3. The van der Waals surface area contributed by atoms with Crippen LogP contribution in [0.15, 0.2) is 66.7 Å². The molecule has 138 valence electrons. The maximum absolute atomic E-state index is 12.7. The fraction of sp³-hybridized carbons (Fsp3) is 0.273. The van der Waals surface area contributed by atoms with Gasteiger partial charge < -0.3 is 10.1 Å². The molecule has 1 saturated heterocycles. The number of fused-ring (bicyclic) bond motifs is 1. The molecular formula is C22H23N3O2. The second-order valence-corrected chi connectivity index (χ2v) is 6.67. The largest absolute Gasteiger partial charge is 0.379 e. The van der Waals surface area contributed by atoms with Gasteiger partial charge in [0.15, 0.2) is 0 Å². The molecule has 5 heteroatoms. The summed E-state index contributed by atoms with van der Waals surface area (Å²) < 4.78 is 5.48. The van der Waals surface area contributed by atoms with Crippen LogP contribution in [0.5, 0.6) is 0 Å². The molecule has 27 heavy (non-hydrogen) atoms. The van der Waals surface area contributed by atoms with E-state index in [-0.39, 0.29) is 11.9 Å². The maximum atomic E-state index is 12.7. The summed E-state index contributed by atoms with van der Waals surface area (Å²) in [5.74, 6) is -0.144. The third-order valence-corrected chi connectivity index (χ3v) is 4.96. The van der Waals surface area contributed by atoms with Gasteiger partial charge in [-0.15, -0.1) is 0 Å². The molecular weight excluding hydrogens is 338 g/mol. The van der Waals surface area contributed by atoms with Crippen molar-refractivity contribution in [2.75, 3.05) is 32.8 Å². The first kappa shape index (κ1) is 17.6. The summed E-state index contributed by atoms with van der Waals surface area (Å²) in [6.07, 6.45) is 0. The Morgan fingerprint density at radius 3 is 2.56 bits per heavy atom. The minimum absolute atomic E-state index is 0.125.